The van der Waals surface area contributed by atoms with E-state index in [9.17, 15) is 19.5 Å². The molecule has 0 aromatic heterocycles. The van der Waals surface area contributed by atoms with Crippen LogP contribution in [0.5, 0.6) is 11.5 Å². The molecule has 1 amide bonds. The predicted molar refractivity (Wildman–Crippen MR) is 129 cm³/mol. The summed E-state index contributed by atoms with van der Waals surface area (Å²) < 4.78 is 21.7. The maximum absolute atomic E-state index is 12.7. The van der Waals surface area contributed by atoms with Crippen LogP contribution in [0.25, 0.3) is 0 Å². The van der Waals surface area contributed by atoms with Gasteiger partial charge >= 0.3 is 12.1 Å². The molecule has 34 heavy (non-hydrogen) atoms. The van der Waals surface area contributed by atoms with Gasteiger partial charge in [0.2, 0.25) is 0 Å². The molecule has 184 valence electrons. The molecule has 0 aliphatic heterocycles. The Balaban J connectivity index is 2.25. The standard InChI is InChI=1S/C24H29NO8S/c1-4-31-21(11-12-32-22(28)14-34)23(17-7-10-20(30-3)19(27)13-17)33-24(29)25-18-8-5-16(6-9-18)15(2)26/h5-10,13,21,23,27,34H,4,11-12,14H2,1-3H3,(H,25,29)/t21-,23-/m1/s1. The van der Waals surface area contributed by atoms with Gasteiger partial charge in [-0.2, -0.15) is 12.6 Å². The summed E-state index contributed by atoms with van der Waals surface area (Å²) in [6.07, 6.45) is -2.17. The molecule has 2 rings (SSSR count). The molecule has 9 nitrogen and oxygen atoms in total. The van der Waals surface area contributed by atoms with Crippen LogP contribution in [0.1, 0.15) is 42.3 Å². The lowest BCUT2D eigenvalue weighted by molar-refractivity contribution is -0.142. The van der Waals surface area contributed by atoms with E-state index in [1.807, 2.05) is 0 Å². The van der Waals surface area contributed by atoms with Crippen molar-refractivity contribution in [3.8, 4) is 11.5 Å². The highest BCUT2D eigenvalue weighted by atomic mass is 32.1. The van der Waals surface area contributed by atoms with Crippen molar-refractivity contribution in [3.63, 3.8) is 0 Å². The highest BCUT2D eigenvalue weighted by Gasteiger charge is 2.29. The number of phenols is 1. The lowest BCUT2D eigenvalue weighted by Gasteiger charge is -2.27. The van der Waals surface area contributed by atoms with E-state index in [1.54, 1.807) is 43.3 Å². The van der Waals surface area contributed by atoms with Gasteiger partial charge < -0.3 is 24.1 Å². The zero-order valence-corrected chi connectivity index (χ0v) is 20.2. The highest BCUT2D eigenvalue weighted by Crippen LogP contribution is 2.33. The van der Waals surface area contributed by atoms with Gasteiger partial charge in [0.15, 0.2) is 23.4 Å². The van der Waals surface area contributed by atoms with Gasteiger partial charge in [-0.15, -0.1) is 0 Å². The van der Waals surface area contributed by atoms with Crippen molar-refractivity contribution in [2.45, 2.75) is 32.5 Å². The first-order chi connectivity index (χ1) is 16.3. The predicted octanol–water partition coefficient (Wildman–Crippen LogP) is 4.16. The Labute approximate surface area is 203 Å². The van der Waals surface area contributed by atoms with Crippen LogP contribution in [0.3, 0.4) is 0 Å². The second kappa shape index (κ2) is 13.5. The number of thiol groups is 1. The molecule has 0 spiro atoms. The number of anilines is 1. The fraction of sp³-hybridized carbons (Fsp3) is 0.375. The normalized spacial score (nSPS) is 12.4. The van der Waals surface area contributed by atoms with Crippen LogP contribution in [0.15, 0.2) is 42.5 Å². The first-order valence-corrected chi connectivity index (χ1v) is 11.3. The van der Waals surface area contributed by atoms with Gasteiger partial charge in [-0.05, 0) is 55.8 Å². The van der Waals surface area contributed by atoms with Gasteiger partial charge in [0.05, 0.1) is 19.5 Å². The number of phenolic OH excluding ortho intramolecular Hbond substituents is 1. The number of aromatic hydroxyl groups is 1. The Morgan fingerprint density at radius 2 is 1.82 bits per heavy atom. The minimum Gasteiger partial charge on any atom is -0.504 e. The monoisotopic (exact) mass is 491 g/mol. The summed E-state index contributed by atoms with van der Waals surface area (Å²) in [5.74, 6) is -0.508. The Morgan fingerprint density at radius 3 is 2.38 bits per heavy atom. The fourth-order valence-electron chi connectivity index (χ4n) is 3.16. The Kier molecular flexibility index (Phi) is 10.7. The van der Waals surface area contributed by atoms with E-state index >= 15 is 0 Å². The van der Waals surface area contributed by atoms with E-state index in [2.05, 4.69) is 17.9 Å². The molecular formula is C24H29NO8S. The van der Waals surface area contributed by atoms with Crippen LogP contribution in [-0.2, 0) is 19.0 Å². The van der Waals surface area contributed by atoms with E-state index in [4.69, 9.17) is 18.9 Å². The van der Waals surface area contributed by atoms with Crippen molar-refractivity contribution in [3.05, 3.63) is 53.6 Å². The number of carbonyl (C=O) groups excluding carboxylic acids is 3. The van der Waals surface area contributed by atoms with Crippen molar-refractivity contribution >= 4 is 36.2 Å². The molecule has 0 saturated heterocycles. The fourth-order valence-corrected chi connectivity index (χ4v) is 3.26. The number of hydrogen-bond donors (Lipinski definition) is 3. The van der Waals surface area contributed by atoms with E-state index in [1.165, 1.54) is 20.1 Å². The number of Topliss-reactive ketones (excluding diaryl/α,β-unsaturated/α-hetero) is 1. The van der Waals surface area contributed by atoms with E-state index < -0.39 is 24.3 Å². The molecule has 0 fully saturated rings. The van der Waals surface area contributed by atoms with Crippen LogP contribution >= 0.6 is 12.6 Å². The second-order valence-electron chi connectivity index (χ2n) is 7.18. The van der Waals surface area contributed by atoms with Crippen LogP contribution in [0, 0.1) is 0 Å². The first-order valence-electron chi connectivity index (χ1n) is 10.6. The maximum Gasteiger partial charge on any atom is 0.412 e. The third-order valence-corrected chi connectivity index (χ3v) is 5.07. The molecule has 10 heteroatoms. The topological polar surface area (TPSA) is 120 Å². The van der Waals surface area contributed by atoms with Gasteiger partial charge in [0, 0.05) is 24.3 Å². The molecule has 2 aromatic rings. The number of amides is 1. The summed E-state index contributed by atoms with van der Waals surface area (Å²) in [6.45, 7) is 3.57. The number of methoxy groups -OCH3 is 1. The molecule has 0 bridgehead atoms. The summed E-state index contributed by atoms with van der Waals surface area (Å²) in [6, 6.07) is 11.0. The van der Waals surface area contributed by atoms with Crippen molar-refractivity contribution in [1.29, 1.82) is 0 Å². The zero-order chi connectivity index (χ0) is 25.1. The van der Waals surface area contributed by atoms with Crippen LogP contribution in [-0.4, -0.2) is 55.1 Å². The number of benzene rings is 2. The van der Waals surface area contributed by atoms with Crippen molar-refractivity contribution in [1.82, 2.24) is 0 Å². The summed E-state index contributed by atoms with van der Waals surface area (Å²) in [7, 11) is 1.42. The molecule has 0 radical (unpaired) electrons. The molecule has 2 N–H and O–H groups in total. The average Bonchev–Trinajstić information content (AvgIpc) is 2.82. The minimum atomic E-state index is -0.942. The van der Waals surface area contributed by atoms with Crippen LogP contribution in [0.2, 0.25) is 0 Å². The number of ketones is 1. The molecule has 0 saturated carbocycles. The Morgan fingerprint density at radius 1 is 1.12 bits per heavy atom. The highest BCUT2D eigenvalue weighted by molar-refractivity contribution is 7.81. The number of hydrogen-bond acceptors (Lipinski definition) is 9. The summed E-state index contributed by atoms with van der Waals surface area (Å²) in [5, 5.41) is 12.9. The summed E-state index contributed by atoms with van der Waals surface area (Å²) in [4.78, 5) is 35.6. The Bertz CT molecular complexity index is 979. The minimum absolute atomic E-state index is 0.0280. The molecular weight excluding hydrogens is 462 g/mol. The largest absolute Gasteiger partial charge is 0.504 e. The maximum atomic E-state index is 12.7. The van der Waals surface area contributed by atoms with Crippen LogP contribution < -0.4 is 10.1 Å². The van der Waals surface area contributed by atoms with Gasteiger partial charge in [-0.3, -0.25) is 14.9 Å². The van der Waals surface area contributed by atoms with E-state index in [0.717, 1.165) is 0 Å². The number of esters is 1. The van der Waals surface area contributed by atoms with Crippen molar-refractivity contribution in [2.75, 3.05) is 31.4 Å². The van der Waals surface area contributed by atoms with Crippen molar-refractivity contribution in [2.24, 2.45) is 0 Å². The molecule has 0 heterocycles. The summed E-state index contributed by atoms with van der Waals surface area (Å²) in [5.41, 5.74) is 1.40. The molecule has 0 aliphatic carbocycles. The first kappa shape index (κ1) is 27.0. The SMILES string of the molecule is CCO[C@H](CCOC(=O)CS)[C@H](OC(=O)Nc1ccc(C(C)=O)cc1)c1ccc(OC)c(O)c1. The number of ether oxygens (including phenoxy) is 4. The average molecular weight is 492 g/mol. The lowest BCUT2D eigenvalue weighted by atomic mass is 10.0. The number of carbonyl (C=O) groups is 3. The zero-order valence-electron chi connectivity index (χ0n) is 19.3. The van der Waals surface area contributed by atoms with Gasteiger partial charge in [-0.1, -0.05) is 6.07 Å². The lowest BCUT2D eigenvalue weighted by Crippen LogP contribution is -2.30. The third-order valence-electron chi connectivity index (χ3n) is 4.82. The van der Waals surface area contributed by atoms with E-state index in [0.29, 0.717) is 23.4 Å². The molecule has 2 aromatic carbocycles. The smallest absolute Gasteiger partial charge is 0.412 e. The van der Waals surface area contributed by atoms with Crippen molar-refractivity contribution < 1.29 is 38.4 Å². The molecule has 0 unspecified atom stereocenters. The van der Waals surface area contributed by atoms with Gasteiger partial charge in [0.1, 0.15) is 6.10 Å². The number of nitrogens with one attached hydrogen (secondary N) is 1. The van der Waals surface area contributed by atoms with Gasteiger partial charge in [-0.25, -0.2) is 4.79 Å². The quantitative estimate of drug-likeness (QED) is 0.230. The van der Waals surface area contributed by atoms with Gasteiger partial charge in [0.25, 0.3) is 0 Å². The number of rotatable bonds is 12. The molecule has 0 aliphatic rings. The van der Waals surface area contributed by atoms with E-state index in [-0.39, 0.29) is 36.1 Å². The third kappa shape index (κ3) is 7.96. The molecule has 2 atom stereocenters. The van der Waals surface area contributed by atoms with Crippen LogP contribution in [0.4, 0.5) is 10.5 Å². The Hall–Kier alpha value is -3.24. The second-order valence-corrected chi connectivity index (χ2v) is 7.49. The summed E-state index contributed by atoms with van der Waals surface area (Å²) >= 11 is 3.88.